The Morgan fingerprint density at radius 3 is 2.82 bits per heavy atom. The van der Waals surface area contributed by atoms with Crippen molar-refractivity contribution in [2.24, 2.45) is 0 Å². The minimum Gasteiger partial charge on any atom is -0.378 e. The van der Waals surface area contributed by atoms with Crippen LogP contribution in [-0.2, 0) is 16.0 Å². The van der Waals surface area contributed by atoms with Crippen molar-refractivity contribution >= 4 is 17.7 Å². The Labute approximate surface area is 172 Å². The third-order valence-electron chi connectivity index (χ3n) is 5.07. The number of amides is 1. The number of carbonyl (C=O) groups is 1. The zero-order valence-electron chi connectivity index (χ0n) is 16.7. The fraction of sp³-hybridized carbons (Fsp3) is 0.545. The average Bonchev–Trinajstić information content (AvgIpc) is 3.07. The lowest BCUT2D eigenvalue weighted by Gasteiger charge is -2.21. The molecule has 0 saturated heterocycles. The highest BCUT2D eigenvalue weighted by molar-refractivity contribution is 7.99. The lowest BCUT2D eigenvalue weighted by Crippen LogP contribution is -2.27. The number of carbonyl (C=O) groups excluding carboxylic acids is 1. The van der Waals surface area contributed by atoms with E-state index in [1.165, 1.54) is 49.4 Å². The predicted molar refractivity (Wildman–Crippen MR) is 114 cm³/mol. The van der Waals surface area contributed by atoms with Gasteiger partial charge in [-0.15, -0.1) is 0 Å². The summed E-state index contributed by atoms with van der Waals surface area (Å²) in [7, 11) is 0. The van der Waals surface area contributed by atoms with E-state index in [9.17, 15) is 4.79 Å². The van der Waals surface area contributed by atoms with E-state index in [1.54, 1.807) is 0 Å². The molecule has 0 aliphatic heterocycles. The van der Waals surface area contributed by atoms with Gasteiger partial charge in [0.05, 0.1) is 17.6 Å². The Balaban J connectivity index is 1.31. The van der Waals surface area contributed by atoms with Gasteiger partial charge in [-0.3, -0.25) is 4.79 Å². The van der Waals surface area contributed by atoms with Crippen LogP contribution < -0.4 is 5.32 Å². The van der Waals surface area contributed by atoms with Gasteiger partial charge in [0, 0.05) is 25.3 Å². The summed E-state index contributed by atoms with van der Waals surface area (Å²) < 4.78 is 5.89. The summed E-state index contributed by atoms with van der Waals surface area (Å²) in [4.78, 5) is 20.0. The maximum atomic E-state index is 12.0. The molecule has 1 fully saturated rings. The molecule has 0 radical (unpaired) electrons. The molecule has 1 saturated carbocycles. The van der Waals surface area contributed by atoms with Gasteiger partial charge in [0.25, 0.3) is 0 Å². The smallest absolute Gasteiger partial charge is 0.230 e. The van der Waals surface area contributed by atoms with Crippen LogP contribution >= 0.6 is 11.8 Å². The third-order valence-corrected chi connectivity index (χ3v) is 5.94. The molecule has 1 amide bonds. The summed E-state index contributed by atoms with van der Waals surface area (Å²) in [6, 6.07) is 10.3. The molecule has 152 valence electrons. The molecule has 0 spiro atoms. The molecule has 1 aromatic heterocycles. The first-order valence-corrected chi connectivity index (χ1v) is 11.3. The van der Waals surface area contributed by atoms with Crippen molar-refractivity contribution < 1.29 is 9.53 Å². The van der Waals surface area contributed by atoms with Crippen molar-refractivity contribution in [2.45, 2.75) is 63.1 Å². The second-order valence-corrected chi connectivity index (χ2v) is 8.36. The fourth-order valence-electron chi connectivity index (χ4n) is 3.46. The number of benzene rings is 1. The summed E-state index contributed by atoms with van der Waals surface area (Å²) in [5.41, 5.74) is 3.34. The Hall–Kier alpha value is -1.79. The topological polar surface area (TPSA) is 67.0 Å². The van der Waals surface area contributed by atoms with Gasteiger partial charge in [0.1, 0.15) is 0 Å². The number of aromatic amines is 1. The van der Waals surface area contributed by atoms with Crippen molar-refractivity contribution in [3.63, 3.8) is 0 Å². The molecule has 28 heavy (non-hydrogen) atoms. The number of imidazole rings is 1. The van der Waals surface area contributed by atoms with Crippen molar-refractivity contribution in [2.75, 3.05) is 18.9 Å². The van der Waals surface area contributed by atoms with Gasteiger partial charge < -0.3 is 15.0 Å². The predicted octanol–water partition coefficient (Wildman–Crippen LogP) is 4.26. The quantitative estimate of drug-likeness (QED) is 0.461. The largest absolute Gasteiger partial charge is 0.378 e. The van der Waals surface area contributed by atoms with Crippen LogP contribution in [0.1, 0.15) is 55.5 Å². The Morgan fingerprint density at radius 1 is 1.25 bits per heavy atom. The number of aryl methyl sites for hydroxylation is 1. The normalized spacial score (nSPS) is 14.9. The SMILES string of the molecule is Cc1[nH]c(SCC(=O)NCCCOC2CCCCC2)nc1Cc1ccccc1. The van der Waals surface area contributed by atoms with Crippen LogP contribution in [0.5, 0.6) is 0 Å². The molecular formula is C22H31N3O2S. The molecule has 5 nitrogen and oxygen atoms in total. The number of aromatic nitrogens is 2. The first-order valence-electron chi connectivity index (χ1n) is 10.3. The first-order chi connectivity index (χ1) is 13.7. The second kappa shape index (κ2) is 11.3. The van der Waals surface area contributed by atoms with Crippen LogP contribution in [0.3, 0.4) is 0 Å². The van der Waals surface area contributed by atoms with Crippen molar-refractivity contribution in [1.29, 1.82) is 0 Å². The van der Waals surface area contributed by atoms with Gasteiger partial charge in [0.15, 0.2) is 5.16 Å². The molecule has 1 aromatic carbocycles. The molecule has 1 aliphatic rings. The van der Waals surface area contributed by atoms with Gasteiger partial charge in [-0.05, 0) is 31.7 Å². The van der Waals surface area contributed by atoms with Crippen LogP contribution in [0.15, 0.2) is 35.5 Å². The van der Waals surface area contributed by atoms with Gasteiger partial charge in [0.2, 0.25) is 5.91 Å². The lowest BCUT2D eigenvalue weighted by molar-refractivity contribution is -0.118. The van der Waals surface area contributed by atoms with E-state index in [2.05, 4.69) is 27.4 Å². The number of ether oxygens (including phenoxy) is 1. The minimum absolute atomic E-state index is 0.0429. The van der Waals surface area contributed by atoms with E-state index in [0.29, 0.717) is 18.4 Å². The fourth-order valence-corrected chi connectivity index (χ4v) is 4.23. The summed E-state index contributed by atoms with van der Waals surface area (Å²) in [6.07, 6.45) is 8.42. The van der Waals surface area contributed by atoms with E-state index in [4.69, 9.17) is 4.74 Å². The van der Waals surface area contributed by atoms with Crippen LogP contribution in [0.4, 0.5) is 0 Å². The molecule has 0 atom stereocenters. The summed E-state index contributed by atoms with van der Waals surface area (Å²) in [6.45, 7) is 3.43. The third kappa shape index (κ3) is 6.99. The lowest BCUT2D eigenvalue weighted by atomic mass is 9.98. The number of hydrogen-bond donors (Lipinski definition) is 2. The molecular weight excluding hydrogens is 370 g/mol. The highest BCUT2D eigenvalue weighted by Gasteiger charge is 2.13. The molecule has 6 heteroatoms. The van der Waals surface area contributed by atoms with E-state index in [0.717, 1.165) is 36.0 Å². The van der Waals surface area contributed by atoms with Gasteiger partial charge in [-0.1, -0.05) is 61.4 Å². The van der Waals surface area contributed by atoms with Gasteiger partial charge >= 0.3 is 0 Å². The van der Waals surface area contributed by atoms with E-state index in [-0.39, 0.29) is 5.91 Å². The number of nitrogens with one attached hydrogen (secondary N) is 2. The van der Waals surface area contributed by atoms with E-state index in [1.807, 2.05) is 25.1 Å². The van der Waals surface area contributed by atoms with Crippen LogP contribution in [0, 0.1) is 6.92 Å². The summed E-state index contributed by atoms with van der Waals surface area (Å²) in [5, 5.41) is 3.78. The zero-order chi connectivity index (χ0) is 19.6. The zero-order valence-corrected chi connectivity index (χ0v) is 17.5. The maximum absolute atomic E-state index is 12.0. The second-order valence-electron chi connectivity index (χ2n) is 7.40. The Bertz CT molecular complexity index is 727. The molecule has 0 bridgehead atoms. The molecule has 2 N–H and O–H groups in total. The minimum atomic E-state index is 0.0429. The highest BCUT2D eigenvalue weighted by atomic mass is 32.2. The number of nitrogens with zero attached hydrogens (tertiary/aromatic N) is 1. The molecule has 1 aliphatic carbocycles. The van der Waals surface area contributed by atoms with E-state index >= 15 is 0 Å². The number of hydrogen-bond acceptors (Lipinski definition) is 4. The van der Waals surface area contributed by atoms with Gasteiger partial charge in [-0.25, -0.2) is 4.98 Å². The molecule has 0 unspecified atom stereocenters. The molecule has 3 rings (SSSR count). The van der Waals surface area contributed by atoms with E-state index < -0.39 is 0 Å². The number of rotatable bonds is 10. The monoisotopic (exact) mass is 401 g/mol. The van der Waals surface area contributed by atoms with Crippen LogP contribution in [-0.4, -0.2) is 40.9 Å². The first kappa shape index (κ1) is 20.9. The number of H-pyrrole nitrogens is 1. The van der Waals surface area contributed by atoms with Gasteiger partial charge in [-0.2, -0.15) is 0 Å². The van der Waals surface area contributed by atoms with Crippen LogP contribution in [0.25, 0.3) is 0 Å². The Morgan fingerprint density at radius 2 is 2.04 bits per heavy atom. The van der Waals surface area contributed by atoms with Crippen molar-refractivity contribution in [3.8, 4) is 0 Å². The number of thioether (sulfide) groups is 1. The highest BCUT2D eigenvalue weighted by Crippen LogP contribution is 2.20. The van der Waals surface area contributed by atoms with Crippen molar-refractivity contribution in [3.05, 3.63) is 47.3 Å². The molecule has 1 heterocycles. The summed E-state index contributed by atoms with van der Waals surface area (Å²) >= 11 is 1.45. The average molecular weight is 402 g/mol. The standard InChI is InChI=1S/C22H31N3O2S/c1-17-20(15-18-9-4-2-5-10-18)25-22(24-17)28-16-21(26)23-13-8-14-27-19-11-6-3-7-12-19/h2,4-5,9-10,19H,3,6-8,11-16H2,1H3,(H,23,26)(H,24,25). The summed E-state index contributed by atoms with van der Waals surface area (Å²) in [5.74, 6) is 0.419. The van der Waals surface area contributed by atoms with Crippen LogP contribution in [0.2, 0.25) is 0 Å². The Kier molecular flexibility index (Phi) is 8.42. The maximum Gasteiger partial charge on any atom is 0.230 e. The molecule has 2 aromatic rings. The van der Waals surface area contributed by atoms with Crippen molar-refractivity contribution in [1.82, 2.24) is 15.3 Å².